The lowest BCUT2D eigenvalue weighted by molar-refractivity contribution is 0.341. The van der Waals surface area contributed by atoms with Gasteiger partial charge in [0.05, 0.1) is 7.95 Å². The van der Waals surface area contributed by atoms with E-state index in [0.717, 1.165) is 31.3 Å². The minimum atomic E-state index is -1.07. The second-order valence-electron chi connectivity index (χ2n) is 4.57. The maximum Gasteiger partial charge on any atom is 0.0614 e. The van der Waals surface area contributed by atoms with Crippen molar-refractivity contribution in [3.05, 3.63) is 34.9 Å². The van der Waals surface area contributed by atoms with Gasteiger partial charge in [-0.05, 0) is 53.4 Å². The quantitative estimate of drug-likeness (QED) is 0.634. The molecular weight excluding hydrogens is 196 g/mol. The smallest absolute Gasteiger partial charge is 0.0614 e. The Kier molecular flexibility index (Phi) is 7.79. The summed E-state index contributed by atoms with van der Waals surface area (Å²) in [7, 11) is 0. The fraction of sp³-hybridized carbons (Fsp3) is 0.600. The summed E-state index contributed by atoms with van der Waals surface area (Å²) < 4.78 is 7.02. The van der Waals surface area contributed by atoms with Crippen LogP contribution in [0.1, 0.15) is 54.7 Å². The molecule has 0 unspecified atom stereocenters. The highest BCUT2D eigenvalue weighted by molar-refractivity contribution is 5.05. The van der Waals surface area contributed by atoms with Crippen LogP contribution in [0.25, 0.3) is 0 Å². The predicted octanol–water partition coefficient (Wildman–Crippen LogP) is 4.40. The third kappa shape index (κ3) is 9.72. The van der Waals surface area contributed by atoms with Crippen LogP contribution in [0, 0.1) is 0 Å². The molecule has 0 bridgehead atoms. The molecule has 0 aliphatic carbocycles. The van der Waals surface area contributed by atoms with Crippen molar-refractivity contribution >= 4 is 0 Å². The molecule has 0 spiro atoms. The van der Waals surface area contributed by atoms with Crippen molar-refractivity contribution in [1.82, 2.24) is 0 Å². The fourth-order valence-electron chi connectivity index (χ4n) is 1.45. The van der Waals surface area contributed by atoms with Crippen molar-refractivity contribution < 1.29 is 6.48 Å². The lowest BCUT2D eigenvalue weighted by Crippen LogP contribution is -1.82. The lowest BCUT2D eigenvalue weighted by Gasteiger charge is -2.00. The average Bonchev–Trinajstić information content (AvgIpc) is 2.15. The molecule has 1 atom stereocenters. The number of aliphatic hydroxyl groups excluding tert-OH is 1. The molecule has 1 N–H and O–H groups in total. The van der Waals surface area contributed by atoms with E-state index >= 15 is 0 Å². The van der Waals surface area contributed by atoms with Gasteiger partial charge < -0.3 is 5.11 Å². The Morgan fingerprint density at radius 2 is 1.44 bits per heavy atom. The first kappa shape index (κ1) is 13.2. The van der Waals surface area contributed by atoms with Crippen molar-refractivity contribution in [2.45, 2.75) is 53.4 Å². The minimum absolute atomic E-state index is 0.927. The predicted molar refractivity (Wildman–Crippen MR) is 72.5 cm³/mol. The molecule has 0 rings (SSSR count). The van der Waals surface area contributed by atoms with Crippen molar-refractivity contribution in [2.75, 3.05) is 6.58 Å². The Morgan fingerprint density at radius 3 is 1.94 bits per heavy atom. The Bertz CT molecular complexity index is 294. The summed E-state index contributed by atoms with van der Waals surface area (Å²) >= 11 is 0. The van der Waals surface area contributed by atoms with Gasteiger partial charge in [-0.25, -0.2) is 0 Å². The molecule has 0 aromatic rings. The Hall–Kier alpha value is -0.820. The number of hydrogen-bond donors (Lipinski definition) is 1. The maximum absolute atomic E-state index is 8.87. The van der Waals surface area contributed by atoms with Gasteiger partial charge in [0.1, 0.15) is 0 Å². The van der Waals surface area contributed by atoms with Crippen molar-refractivity contribution in [2.24, 2.45) is 0 Å². The molecule has 0 heterocycles. The van der Waals surface area contributed by atoms with E-state index in [1.54, 1.807) is 6.08 Å². The van der Waals surface area contributed by atoms with Gasteiger partial charge in [-0.1, -0.05) is 34.9 Å². The monoisotopic (exact) mass is 223 g/mol. The van der Waals surface area contributed by atoms with E-state index in [1.165, 1.54) is 11.1 Å². The summed E-state index contributed by atoms with van der Waals surface area (Å²) in [5.41, 5.74) is 3.88. The van der Waals surface area contributed by atoms with Crippen LogP contribution in [0.15, 0.2) is 34.9 Å². The molecule has 0 saturated heterocycles. The molecule has 1 heteroatoms. The Balaban J connectivity index is 3.88. The third-order valence-corrected chi connectivity index (χ3v) is 2.48. The fourth-order valence-corrected chi connectivity index (χ4v) is 1.45. The van der Waals surface area contributed by atoms with Crippen LogP contribution in [-0.2, 0) is 0 Å². The number of aliphatic hydroxyl groups is 1. The van der Waals surface area contributed by atoms with Gasteiger partial charge in [0.25, 0.3) is 0 Å². The van der Waals surface area contributed by atoms with E-state index in [0.29, 0.717) is 0 Å². The first-order valence-corrected chi connectivity index (χ1v) is 5.98. The topological polar surface area (TPSA) is 20.2 Å². The second-order valence-corrected chi connectivity index (χ2v) is 4.57. The molecule has 0 radical (unpaired) electrons. The van der Waals surface area contributed by atoms with Crippen molar-refractivity contribution in [1.29, 1.82) is 0 Å². The van der Waals surface area contributed by atoms with E-state index in [-0.39, 0.29) is 0 Å². The molecule has 0 amide bonds. The molecule has 0 aliphatic rings. The first-order valence-electron chi connectivity index (χ1n) is 6.56. The zero-order valence-corrected chi connectivity index (χ0v) is 11.1. The van der Waals surface area contributed by atoms with Crippen LogP contribution in [0.2, 0.25) is 0 Å². The summed E-state index contributed by atoms with van der Waals surface area (Å²) in [6, 6.07) is 0. The van der Waals surface area contributed by atoms with E-state index in [4.69, 9.17) is 6.48 Å². The first-order chi connectivity index (χ1) is 7.91. The Labute approximate surface area is 102 Å². The highest BCUT2D eigenvalue weighted by Gasteiger charge is 1.91. The van der Waals surface area contributed by atoms with Gasteiger partial charge in [-0.15, -0.1) is 0 Å². The normalized spacial score (nSPS) is 15.7. The standard InChI is InChI=1S/C15H26O/c1-13(2)7-5-8-14(3)9-6-10-15(4)11-12-16/h7,9,11,16H,5-6,8,10,12H2,1-4H3/b14-9+,15-11+/i12D/t12-/m0/s1. The zero-order valence-electron chi connectivity index (χ0n) is 12.1. The van der Waals surface area contributed by atoms with Crippen LogP contribution in [0.4, 0.5) is 0 Å². The highest BCUT2D eigenvalue weighted by Crippen LogP contribution is 2.10. The highest BCUT2D eigenvalue weighted by atomic mass is 16.2. The van der Waals surface area contributed by atoms with Crippen LogP contribution in [0.5, 0.6) is 0 Å². The average molecular weight is 223 g/mol. The van der Waals surface area contributed by atoms with Gasteiger partial charge in [-0.2, -0.15) is 0 Å². The van der Waals surface area contributed by atoms with E-state index in [1.807, 2.05) is 6.92 Å². The SMILES string of the molecule is [2H][C@H](O)/C=C(\C)CC/C=C(\C)CCC=C(C)C. The van der Waals surface area contributed by atoms with Crippen LogP contribution < -0.4 is 0 Å². The number of hydrogen-bond acceptors (Lipinski definition) is 1. The number of allylic oxidation sites excluding steroid dienone is 5. The van der Waals surface area contributed by atoms with Crippen molar-refractivity contribution in [3.63, 3.8) is 0 Å². The van der Waals surface area contributed by atoms with E-state index in [9.17, 15) is 0 Å². The molecule has 0 aliphatic heterocycles. The van der Waals surface area contributed by atoms with Crippen LogP contribution in [0.3, 0.4) is 0 Å². The van der Waals surface area contributed by atoms with E-state index < -0.39 is 6.58 Å². The summed E-state index contributed by atoms with van der Waals surface area (Å²) in [5.74, 6) is 0. The third-order valence-electron chi connectivity index (χ3n) is 2.48. The van der Waals surface area contributed by atoms with Crippen molar-refractivity contribution in [3.8, 4) is 0 Å². The van der Waals surface area contributed by atoms with Crippen LogP contribution in [-0.4, -0.2) is 11.7 Å². The maximum atomic E-state index is 8.87. The summed E-state index contributed by atoms with van der Waals surface area (Å²) in [5, 5.41) is 8.87. The molecule has 0 fully saturated rings. The van der Waals surface area contributed by atoms with Crippen LogP contribution >= 0.6 is 0 Å². The molecule has 0 saturated carbocycles. The van der Waals surface area contributed by atoms with Gasteiger partial charge in [-0.3, -0.25) is 0 Å². The van der Waals surface area contributed by atoms with Gasteiger partial charge in [0, 0.05) is 0 Å². The zero-order chi connectivity index (χ0) is 13.3. The molecule has 0 aromatic carbocycles. The minimum Gasteiger partial charge on any atom is -0.392 e. The van der Waals surface area contributed by atoms with E-state index in [2.05, 4.69) is 32.9 Å². The molecule has 1 nitrogen and oxygen atoms in total. The summed E-state index contributed by atoms with van der Waals surface area (Å²) in [6.07, 6.45) is 10.3. The molecule has 92 valence electrons. The number of rotatable bonds is 7. The summed E-state index contributed by atoms with van der Waals surface area (Å²) in [4.78, 5) is 0. The summed E-state index contributed by atoms with van der Waals surface area (Å²) in [6.45, 7) is 7.30. The molecular formula is C15H26O. The van der Waals surface area contributed by atoms with Gasteiger partial charge in [0.2, 0.25) is 0 Å². The molecule has 0 aromatic heterocycles. The van der Waals surface area contributed by atoms with Gasteiger partial charge in [0.15, 0.2) is 0 Å². The largest absolute Gasteiger partial charge is 0.392 e. The molecule has 16 heavy (non-hydrogen) atoms. The Morgan fingerprint density at radius 1 is 0.938 bits per heavy atom. The van der Waals surface area contributed by atoms with Gasteiger partial charge >= 0.3 is 0 Å². The lowest BCUT2D eigenvalue weighted by atomic mass is 10.1. The second kappa shape index (κ2) is 9.41.